The van der Waals surface area contributed by atoms with E-state index in [9.17, 15) is 0 Å². The van der Waals surface area contributed by atoms with Gasteiger partial charge in [-0.15, -0.1) is 11.3 Å². The average molecular weight is 266 g/mol. The summed E-state index contributed by atoms with van der Waals surface area (Å²) >= 11 is 1.54. The number of anilines is 2. The molecule has 2 rings (SSSR count). The molecular weight excluding hydrogens is 252 g/mol. The van der Waals surface area contributed by atoms with Crippen molar-refractivity contribution in [3.8, 4) is 6.01 Å². The van der Waals surface area contributed by atoms with Gasteiger partial charge in [-0.1, -0.05) is 0 Å². The Morgan fingerprint density at radius 3 is 2.89 bits per heavy atom. The third-order valence-electron chi connectivity index (χ3n) is 1.88. The summed E-state index contributed by atoms with van der Waals surface area (Å²) in [6, 6.07) is 0.221. The Balaban J connectivity index is 2.05. The molecule has 2 heterocycles. The monoisotopic (exact) mass is 266 g/mol. The van der Waals surface area contributed by atoms with E-state index in [4.69, 9.17) is 10.5 Å². The summed E-state index contributed by atoms with van der Waals surface area (Å²) in [5.74, 6) is 0.507. The quantitative estimate of drug-likeness (QED) is 0.841. The first-order chi connectivity index (χ1) is 8.63. The molecule has 0 aliphatic heterocycles. The molecule has 2 aromatic heterocycles. The lowest BCUT2D eigenvalue weighted by molar-refractivity contribution is 0.222. The van der Waals surface area contributed by atoms with Crippen LogP contribution >= 0.6 is 11.3 Å². The van der Waals surface area contributed by atoms with Gasteiger partial charge in [0.25, 0.3) is 0 Å². The van der Waals surface area contributed by atoms with Gasteiger partial charge in [-0.2, -0.15) is 15.0 Å². The van der Waals surface area contributed by atoms with Gasteiger partial charge in [-0.05, 0) is 13.8 Å². The van der Waals surface area contributed by atoms with E-state index < -0.39 is 0 Å². The van der Waals surface area contributed by atoms with E-state index >= 15 is 0 Å². The highest BCUT2D eigenvalue weighted by molar-refractivity contribution is 7.07. The highest BCUT2D eigenvalue weighted by Crippen LogP contribution is 2.11. The predicted molar refractivity (Wildman–Crippen MR) is 69.4 cm³/mol. The van der Waals surface area contributed by atoms with Crippen molar-refractivity contribution in [3.63, 3.8) is 0 Å². The Morgan fingerprint density at radius 1 is 1.39 bits per heavy atom. The van der Waals surface area contributed by atoms with Gasteiger partial charge in [-0.3, -0.25) is 0 Å². The van der Waals surface area contributed by atoms with Gasteiger partial charge in [0.05, 0.1) is 23.9 Å². The van der Waals surface area contributed by atoms with Crippen LogP contribution < -0.4 is 15.8 Å². The SMILES string of the molecule is CC(C)Oc1nc(N)nc(NCc2cscn2)n1. The Kier molecular flexibility index (Phi) is 3.88. The first-order valence-electron chi connectivity index (χ1n) is 5.42. The van der Waals surface area contributed by atoms with E-state index in [1.807, 2.05) is 19.2 Å². The fourth-order valence-electron chi connectivity index (χ4n) is 1.21. The fourth-order valence-corrected chi connectivity index (χ4v) is 1.77. The summed E-state index contributed by atoms with van der Waals surface area (Å²) in [7, 11) is 0. The number of thiazole rings is 1. The van der Waals surface area contributed by atoms with E-state index in [0.29, 0.717) is 12.5 Å². The van der Waals surface area contributed by atoms with Crippen LogP contribution in [0, 0.1) is 0 Å². The summed E-state index contributed by atoms with van der Waals surface area (Å²) in [6.45, 7) is 4.32. The van der Waals surface area contributed by atoms with E-state index in [0.717, 1.165) is 5.69 Å². The van der Waals surface area contributed by atoms with E-state index in [-0.39, 0.29) is 18.1 Å². The van der Waals surface area contributed by atoms with Gasteiger partial charge in [0.15, 0.2) is 0 Å². The Bertz CT molecular complexity index is 501. The zero-order valence-corrected chi connectivity index (χ0v) is 10.9. The van der Waals surface area contributed by atoms with Gasteiger partial charge >= 0.3 is 6.01 Å². The molecule has 7 nitrogen and oxygen atoms in total. The standard InChI is InChI=1S/C10H14N6OS/c1-6(2)17-10-15-8(11)14-9(16-10)12-3-7-4-18-5-13-7/h4-6H,3H2,1-2H3,(H3,11,12,14,15,16). The second-order valence-electron chi connectivity index (χ2n) is 3.80. The molecule has 0 radical (unpaired) electrons. The molecule has 0 spiro atoms. The van der Waals surface area contributed by atoms with Crippen molar-refractivity contribution in [3.05, 3.63) is 16.6 Å². The smallest absolute Gasteiger partial charge is 0.323 e. The topological polar surface area (TPSA) is 98.8 Å². The average Bonchev–Trinajstić information content (AvgIpc) is 2.77. The number of hydrogen-bond acceptors (Lipinski definition) is 8. The van der Waals surface area contributed by atoms with E-state index in [2.05, 4.69) is 25.3 Å². The van der Waals surface area contributed by atoms with Crippen molar-refractivity contribution in [1.82, 2.24) is 19.9 Å². The van der Waals surface area contributed by atoms with Gasteiger partial charge in [0.1, 0.15) is 0 Å². The van der Waals surface area contributed by atoms with Crippen LogP contribution in [0.2, 0.25) is 0 Å². The van der Waals surface area contributed by atoms with Crippen LogP contribution in [-0.4, -0.2) is 26.0 Å². The molecule has 0 unspecified atom stereocenters. The molecule has 0 saturated carbocycles. The normalized spacial score (nSPS) is 10.6. The molecule has 0 saturated heterocycles. The number of nitrogens with one attached hydrogen (secondary N) is 1. The van der Waals surface area contributed by atoms with Crippen LogP contribution in [0.25, 0.3) is 0 Å². The number of nitrogens with zero attached hydrogens (tertiary/aromatic N) is 4. The van der Waals surface area contributed by atoms with Crippen molar-refractivity contribution in [2.75, 3.05) is 11.1 Å². The molecule has 0 fully saturated rings. The molecule has 96 valence electrons. The molecule has 0 atom stereocenters. The Morgan fingerprint density at radius 2 is 2.22 bits per heavy atom. The lowest BCUT2D eigenvalue weighted by Crippen LogP contribution is -2.13. The predicted octanol–water partition coefficient (Wildman–Crippen LogP) is 1.31. The number of hydrogen-bond donors (Lipinski definition) is 2. The number of aromatic nitrogens is 4. The maximum Gasteiger partial charge on any atom is 0.323 e. The lowest BCUT2D eigenvalue weighted by atomic mass is 10.5. The van der Waals surface area contributed by atoms with Crippen LogP contribution in [0.3, 0.4) is 0 Å². The first-order valence-corrected chi connectivity index (χ1v) is 6.37. The number of ether oxygens (including phenoxy) is 1. The largest absolute Gasteiger partial charge is 0.461 e. The minimum atomic E-state index is -0.0156. The highest BCUT2D eigenvalue weighted by atomic mass is 32.1. The molecule has 3 N–H and O–H groups in total. The van der Waals surface area contributed by atoms with E-state index in [1.165, 1.54) is 11.3 Å². The van der Waals surface area contributed by atoms with Gasteiger partial charge < -0.3 is 15.8 Å². The maximum atomic E-state index is 5.59. The zero-order chi connectivity index (χ0) is 13.0. The summed E-state index contributed by atoms with van der Waals surface area (Å²) in [4.78, 5) is 16.1. The van der Waals surface area contributed by atoms with Crippen molar-refractivity contribution in [1.29, 1.82) is 0 Å². The van der Waals surface area contributed by atoms with Gasteiger partial charge in [0, 0.05) is 5.38 Å². The third-order valence-corrected chi connectivity index (χ3v) is 2.52. The Labute approximate surface area is 108 Å². The van der Waals surface area contributed by atoms with Crippen LogP contribution in [0.1, 0.15) is 19.5 Å². The Hall–Kier alpha value is -1.96. The van der Waals surface area contributed by atoms with Crippen molar-refractivity contribution < 1.29 is 4.74 Å². The minimum Gasteiger partial charge on any atom is -0.461 e. The summed E-state index contributed by atoms with van der Waals surface area (Å²) in [5, 5.41) is 4.97. The number of nitrogen functional groups attached to an aromatic ring is 1. The molecule has 8 heteroatoms. The number of rotatable bonds is 5. The molecule has 2 aromatic rings. The second kappa shape index (κ2) is 5.58. The second-order valence-corrected chi connectivity index (χ2v) is 4.52. The summed E-state index contributed by atoms with van der Waals surface area (Å²) in [6.07, 6.45) is -0.0156. The molecule has 0 amide bonds. The minimum absolute atomic E-state index is 0.0156. The van der Waals surface area contributed by atoms with Gasteiger partial charge in [-0.25, -0.2) is 4.98 Å². The fraction of sp³-hybridized carbons (Fsp3) is 0.400. The van der Waals surface area contributed by atoms with Crippen LogP contribution in [0.4, 0.5) is 11.9 Å². The van der Waals surface area contributed by atoms with Crippen LogP contribution in [0.15, 0.2) is 10.9 Å². The number of nitrogens with two attached hydrogens (primary N) is 1. The summed E-state index contributed by atoms with van der Waals surface area (Å²) < 4.78 is 5.38. The lowest BCUT2D eigenvalue weighted by Gasteiger charge is -2.09. The highest BCUT2D eigenvalue weighted by Gasteiger charge is 2.07. The van der Waals surface area contributed by atoms with Crippen molar-refractivity contribution in [2.45, 2.75) is 26.5 Å². The molecule has 0 aromatic carbocycles. The van der Waals surface area contributed by atoms with Crippen molar-refractivity contribution >= 4 is 23.2 Å². The molecule has 0 aliphatic rings. The maximum absolute atomic E-state index is 5.59. The summed E-state index contributed by atoms with van der Waals surface area (Å²) in [5.41, 5.74) is 8.28. The van der Waals surface area contributed by atoms with E-state index in [1.54, 1.807) is 5.51 Å². The van der Waals surface area contributed by atoms with Crippen LogP contribution in [0.5, 0.6) is 6.01 Å². The van der Waals surface area contributed by atoms with Crippen LogP contribution in [-0.2, 0) is 6.54 Å². The zero-order valence-electron chi connectivity index (χ0n) is 10.1. The molecular formula is C10H14N6OS. The third kappa shape index (κ3) is 3.52. The van der Waals surface area contributed by atoms with Gasteiger partial charge in [0.2, 0.25) is 11.9 Å². The molecule has 18 heavy (non-hydrogen) atoms. The molecule has 0 bridgehead atoms. The van der Waals surface area contributed by atoms with Crippen molar-refractivity contribution in [2.24, 2.45) is 0 Å². The first kappa shape index (κ1) is 12.5. The molecule has 0 aliphatic carbocycles.